The highest BCUT2D eigenvalue weighted by molar-refractivity contribution is 7.82. The normalized spacial score (nSPS) is 27.6. The van der Waals surface area contributed by atoms with Gasteiger partial charge < -0.3 is 15.4 Å². The number of nitrogens with one attached hydrogen (secondary N) is 3. The Labute approximate surface area is 186 Å². The molecule has 1 heterocycles. The van der Waals surface area contributed by atoms with Crippen molar-refractivity contribution in [2.45, 2.75) is 96.2 Å². The Kier molecular flexibility index (Phi) is 7.47. The Bertz CT molecular complexity index is 724. The molecule has 4 rings (SSSR count). The van der Waals surface area contributed by atoms with Gasteiger partial charge in [-0.15, -0.1) is 0 Å². The number of fused-ring (bicyclic) bond motifs is 1. The van der Waals surface area contributed by atoms with Crippen LogP contribution in [-0.4, -0.2) is 36.3 Å². The van der Waals surface area contributed by atoms with Gasteiger partial charge in [-0.2, -0.15) is 0 Å². The Morgan fingerprint density at radius 1 is 1.03 bits per heavy atom. The smallest absolute Gasteiger partial charge is 0.279 e. The second-order valence-corrected chi connectivity index (χ2v) is 9.85. The first kappa shape index (κ1) is 21.8. The van der Waals surface area contributed by atoms with Crippen LogP contribution in [0.5, 0.6) is 0 Å². The van der Waals surface area contributed by atoms with Gasteiger partial charge in [-0.05, 0) is 81.9 Å². The summed E-state index contributed by atoms with van der Waals surface area (Å²) in [5.74, 6) is 1.63. The van der Waals surface area contributed by atoms with E-state index in [4.69, 9.17) is 17.0 Å². The summed E-state index contributed by atoms with van der Waals surface area (Å²) in [6.45, 7) is 4.01. The Morgan fingerprint density at radius 2 is 1.83 bits per heavy atom. The molecule has 0 aromatic heterocycles. The van der Waals surface area contributed by atoms with Crippen LogP contribution < -0.4 is 16.0 Å². The van der Waals surface area contributed by atoms with Crippen molar-refractivity contribution in [1.29, 1.82) is 0 Å². The van der Waals surface area contributed by atoms with Gasteiger partial charge >= 0.3 is 0 Å². The first-order valence-corrected chi connectivity index (χ1v) is 12.4. The zero-order valence-electron chi connectivity index (χ0n) is 18.4. The number of rotatable bonds is 5. The summed E-state index contributed by atoms with van der Waals surface area (Å²) in [6, 6.07) is -0.0503. The lowest BCUT2D eigenvalue weighted by Gasteiger charge is -2.35. The molecule has 1 amide bonds. The lowest BCUT2D eigenvalue weighted by atomic mass is 9.89. The Hall–Kier alpha value is -1.40. The molecule has 2 atom stereocenters. The molecular weight excluding hydrogens is 394 g/mol. The van der Waals surface area contributed by atoms with Crippen LogP contribution in [0.25, 0.3) is 0 Å². The topological polar surface area (TPSA) is 62.4 Å². The number of thiocarbonyl (C=S) groups is 1. The number of hydrogen-bond acceptors (Lipinski definition) is 4. The summed E-state index contributed by atoms with van der Waals surface area (Å²) in [6.07, 6.45) is 13.8. The van der Waals surface area contributed by atoms with E-state index in [-0.39, 0.29) is 18.2 Å². The quantitative estimate of drug-likeness (QED) is 0.568. The Balaban J connectivity index is 1.33. The van der Waals surface area contributed by atoms with Crippen molar-refractivity contribution < 1.29 is 9.53 Å². The van der Waals surface area contributed by atoms with Crippen LogP contribution in [0.2, 0.25) is 0 Å². The van der Waals surface area contributed by atoms with E-state index >= 15 is 0 Å². The van der Waals surface area contributed by atoms with E-state index in [0.29, 0.717) is 10.9 Å². The number of carbonyl (C=O) groups excluding carboxylic acids is 1. The van der Waals surface area contributed by atoms with Gasteiger partial charge in [0.15, 0.2) is 11.2 Å². The lowest BCUT2D eigenvalue weighted by Crippen LogP contribution is -2.56. The molecule has 0 aromatic rings. The molecule has 0 spiro atoms. The van der Waals surface area contributed by atoms with Gasteiger partial charge in [-0.1, -0.05) is 37.1 Å². The lowest BCUT2D eigenvalue weighted by molar-refractivity contribution is -0.117. The van der Waals surface area contributed by atoms with E-state index in [9.17, 15) is 4.79 Å². The van der Waals surface area contributed by atoms with Crippen LogP contribution in [0.3, 0.4) is 0 Å². The van der Waals surface area contributed by atoms with E-state index in [1.54, 1.807) is 0 Å². The standard InChI is InChI=1S/C24H37N3O2S/c1-16-12-13-21(19-10-5-9-18(16)19)29-23-20(11-6-14-25-23)27-22(28)24(30)26-15-17-7-3-2-4-8-17/h17,20,23,25H,2-15H2,1H3,(H,26,30)(H,27,28). The van der Waals surface area contributed by atoms with Crippen molar-refractivity contribution in [3.8, 4) is 0 Å². The van der Waals surface area contributed by atoms with Crippen molar-refractivity contribution in [3.05, 3.63) is 22.5 Å². The van der Waals surface area contributed by atoms with E-state index in [1.165, 1.54) is 61.7 Å². The number of carbonyl (C=O) groups is 1. The molecule has 3 aliphatic carbocycles. The van der Waals surface area contributed by atoms with Crippen LogP contribution in [0, 0.1) is 5.92 Å². The van der Waals surface area contributed by atoms with E-state index < -0.39 is 0 Å². The molecule has 6 heteroatoms. The van der Waals surface area contributed by atoms with E-state index in [0.717, 1.165) is 51.0 Å². The molecule has 0 radical (unpaired) electrons. The summed E-state index contributed by atoms with van der Waals surface area (Å²) in [5.41, 5.74) is 4.49. The number of hydrogen-bond donors (Lipinski definition) is 3. The highest BCUT2D eigenvalue weighted by Gasteiger charge is 2.32. The van der Waals surface area contributed by atoms with E-state index in [2.05, 4.69) is 22.9 Å². The molecule has 30 heavy (non-hydrogen) atoms. The van der Waals surface area contributed by atoms with Crippen molar-refractivity contribution in [1.82, 2.24) is 16.0 Å². The highest BCUT2D eigenvalue weighted by atomic mass is 32.1. The fourth-order valence-electron chi connectivity index (χ4n) is 5.48. The second kappa shape index (κ2) is 10.3. The van der Waals surface area contributed by atoms with Gasteiger partial charge in [0.25, 0.3) is 5.91 Å². The summed E-state index contributed by atoms with van der Waals surface area (Å²) < 4.78 is 6.50. The average Bonchev–Trinajstić information content (AvgIpc) is 3.27. The van der Waals surface area contributed by atoms with Gasteiger partial charge in [-0.25, -0.2) is 0 Å². The summed E-state index contributed by atoms with van der Waals surface area (Å²) in [4.78, 5) is 13.1. The summed E-state index contributed by atoms with van der Waals surface area (Å²) in [5, 5.41) is 9.85. The van der Waals surface area contributed by atoms with Crippen molar-refractivity contribution >= 4 is 23.1 Å². The molecular formula is C24H37N3O2S. The van der Waals surface area contributed by atoms with Gasteiger partial charge in [0, 0.05) is 13.0 Å². The maximum Gasteiger partial charge on any atom is 0.279 e. The van der Waals surface area contributed by atoms with Crippen molar-refractivity contribution in [2.24, 2.45) is 5.92 Å². The molecule has 3 N–H and O–H groups in total. The van der Waals surface area contributed by atoms with Crippen molar-refractivity contribution in [3.63, 3.8) is 0 Å². The number of ether oxygens (including phenoxy) is 1. The minimum absolute atomic E-state index is 0.0503. The molecule has 5 nitrogen and oxygen atoms in total. The fourth-order valence-corrected chi connectivity index (χ4v) is 5.62. The highest BCUT2D eigenvalue weighted by Crippen LogP contribution is 2.41. The van der Waals surface area contributed by atoms with Gasteiger partial charge in [0.05, 0.1) is 6.04 Å². The molecule has 0 bridgehead atoms. The molecule has 4 aliphatic rings. The van der Waals surface area contributed by atoms with Crippen LogP contribution >= 0.6 is 12.2 Å². The molecule has 3 fully saturated rings. The molecule has 166 valence electrons. The predicted molar refractivity (Wildman–Crippen MR) is 124 cm³/mol. The van der Waals surface area contributed by atoms with Gasteiger partial charge in [0.1, 0.15) is 5.76 Å². The third-order valence-electron chi connectivity index (χ3n) is 7.27. The predicted octanol–water partition coefficient (Wildman–Crippen LogP) is 4.24. The van der Waals surface area contributed by atoms with Crippen LogP contribution in [-0.2, 0) is 9.53 Å². The van der Waals surface area contributed by atoms with Crippen LogP contribution in [0.1, 0.15) is 84.0 Å². The molecule has 0 aromatic carbocycles. The maximum atomic E-state index is 12.7. The second-order valence-electron chi connectivity index (χ2n) is 9.44. The van der Waals surface area contributed by atoms with E-state index in [1.807, 2.05) is 0 Å². The first-order valence-electron chi connectivity index (χ1n) is 12.0. The third kappa shape index (κ3) is 5.25. The fraction of sp³-hybridized carbons (Fsp3) is 0.750. The van der Waals surface area contributed by atoms with Crippen LogP contribution in [0.4, 0.5) is 0 Å². The molecule has 2 saturated carbocycles. The average molecular weight is 432 g/mol. The largest absolute Gasteiger partial charge is 0.477 e. The van der Waals surface area contributed by atoms with Crippen molar-refractivity contribution in [2.75, 3.05) is 13.1 Å². The maximum absolute atomic E-state index is 12.7. The number of amides is 1. The minimum atomic E-state index is -0.174. The Morgan fingerprint density at radius 3 is 2.67 bits per heavy atom. The molecule has 2 unspecified atom stereocenters. The van der Waals surface area contributed by atoms with Crippen LogP contribution in [0.15, 0.2) is 22.5 Å². The zero-order chi connectivity index (χ0) is 20.9. The summed E-state index contributed by atoms with van der Waals surface area (Å²) >= 11 is 5.39. The zero-order valence-corrected chi connectivity index (χ0v) is 19.2. The number of piperidine rings is 1. The first-order chi connectivity index (χ1) is 14.6. The number of allylic oxidation sites excluding steroid dienone is 4. The third-order valence-corrected chi connectivity index (χ3v) is 7.60. The monoisotopic (exact) mass is 431 g/mol. The van der Waals surface area contributed by atoms with Gasteiger partial charge in [0.2, 0.25) is 0 Å². The minimum Gasteiger partial charge on any atom is -0.477 e. The SMILES string of the molecule is CC1=C2CCCC2=C(OC2NCCCC2NC(=O)C(=S)NCC2CCCCC2)CC1. The molecule has 1 saturated heterocycles. The molecule has 1 aliphatic heterocycles. The summed E-state index contributed by atoms with van der Waals surface area (Å²) in [7, 11) is 0. The van der Waals surface area contributed by atoms with Gasteiger partial charge in [-0.3, -0.25) is 10.1 Å².